The van der Waals surface area contributed by atoms with Crippen molar-refractivity contribution in [1.29, 1.82) is 0 Å². The molecule has 0 saturated carbocycles. The summed E-state index contributed by atoms with van der Waals surface area (Å²) < 4.78 is 20.9. The second-order valence-electron chi connectivity index (χ2n) is 1.86. The van der Waals surface area contributed by atoms with Crippen LogP contribution in [0.3, 0.4) is 0 Å². The molecule has 8 heavy (non-hydrogen) atoms. The van der Waals surface area contributed by atoms with E-state index in [0.717, 1.165) is 12.8 Å². The van der Waals surface area contributed by atoms with Gasteiger partial charge in [0.05, 0.1) is 11.5 Å². The Morgan fingerprint density at radius 3 is 1.62 bits per heavy atom. The Morgan fingerprint density at radius 2 is 1.50 bits per heavy atom. The molecule has 1 aliphatic rings. The van der Waals surface area contributed by atoms with Gasteiger partial charge < -0.3 is 1.43 Å². The molecular weight excluding hydrogens is 151 g/mol. The largest absolute Gasteiger partial charge is 1.00 e. The molecule has 1 heterocycles. The predicted octanol–water partition coefficient (Wildman–Crippen LogP) is -2.69. The van der Waals surface area contributed by atoms with Crippen LogP contribution in [0.5, 0.6) is 0 Å². The van der Waals surface area contributed by atoms with Crippen LogP contribution < -0.4 is 51.4 Å². The third-order valence-corrected chi connectivity index (χ3v) is 2.98. The summed E-state index contributed by atoms with van der Waals surface area (Å²) in [6.45, 7) is 0. The van der Waals surface area contributed by atoms with Crippen molar-refractivity contribution in [3.63, 3.8) is 0 Å². The first-order valence-electron chi connectivity index (χ1n) is 2.41. The Morgan fingerprint density at radius 1 is 1.12 bits per heavy atom. The molecule has 0 aliphatic carbocycles. The summed E-state index contributed by atoms with van der Waals surface area (Å²) in [6, 6.07) is 0. The van der Waals surface area contributed by atoms with Crippen molar-refractivity contribution in [2.75, 3.05) is 11.5 Å². The zero-order valence-electron chi connectivity index (χ0n) is 6.05. The first-order valence-corrected chi connectivity index (χ1v) is 4.23. The summed E-state index contributed by atoms with van der Waals surface area (Å²) >= 11 is 0. The van der Waals surface area contributed by atoms with E-state index >= 15 is 0 Å². The van der Waals surface area contributed by atoms with Gasteiger partial charge in [-0.2, -0.15) is 0 Å². The Bertz CT molecular complexity index is 142. The minimum absolute atomic E-state index is 0. The second-order valence-corrected chi connectivity index (χ2v) is 4.16. The maximum absolute atomic E-state index is 10.4. The van der Waals surface area contributed by atoms with Crippen LogP contribution >= 0.6 is 0 Å². The molecule has 0 radical (unpaired) electrons. The molecule has 0 spiro atoms. The Kier molecular flexibility index (Phi) is 4.41. The molecule has 44 valence electrons. The molecule has 1 saturated heterocycles. The molecule has 2 nitrogen and oxygen atoms in total. The average Bonchev–Trinajstić information content (AvgIpc) is 1.84. The van der Waals surface area contributed by atoms with Gasteiger partial charge in [0.15, 0.2) is 0 Å². The van der Waals surface area contributed by atoms with Crippen LogP contribution in [0.4, 0.5) is 0 Å². The van der Waals surface area contributed by atoms with E-state index < -0.39 is 9.84 Å². The van der Waals surface area contributed by atoms with Gasteiger partial charge in [0.25, 0.3) is 0 Å². The number of hydrogen-bond acceptors (Lipinski definition) is 2. The second kappa shape index (κ2) is 3.68. The number of rotatable bonds is 0. The van der Waals surface area contributed by atoms with Crippen LogP contribution in [0.15, 0.2) is 0 Å². The molecule has 0 amide bonds. The third-order valence-electron chi connectivity index (χ3n) is 1.16. The van der Waals surface area contributed by atoms with Crippen molar-refractivity contribution < 1.29 is 61.2 Å². The van der Waals surface area contributed by atoms with Crippen LogP contribution in [0.2, 0.25) is 0 Å². The van der Waals surface area contributed by atoms with E-state index in [-0.39, 0.29) is 52.8 Å². The fraction of sp³-hybridized carbons (Fsp3) is 1.00. The van der Waals surface area contributed by atoms with Gasteiger partial charge in [-0.15, -0.1) is 0 Å². The van der Waals surface area contributed by atoms with Gasteiger partial charge in [0.2, 0.25) is 0 Å². The van der Waals surface area contributed by atoms with E-state index in [4.69, 9.17) is 0 Å². The third kappa shape index (κ3) is 2.94. The van der Waals surface area contributed by atoms with Crippen molar-refractivity contribution in [2.45, 2.75) is 12.8 Å². The SMILES string of the molecule is O=S1(=O)CCCC1.[H-].[K+]. The smallest absolute Gasteiger partial charge is 1.00 e. The van der Waals surface area contributed by atoms with E-state index in [1.54, 1.807) is 0 Å². The predicted molar refractivity (Wildman–Crippen MR) is 29.0 cm³/mol. The van der Waals surface area contributed by atoms with Crippen LogP contribution in [-0.2, 0) is 9.84 Å². The maximum Gasteiger partial charge on any atom is 1.00 e. The van der Waals surface area contributed by atoms with E-state index in [2.05, 4.69) is 0 Å². The Balaban J connectivity index is 0. The van der Waals surface area contributed by atoms with Gasteiger partial charge in [-0.1, -0.05) is 0 Å². The Hall–Kier alpha value is 1.59. The first kappa shape index (κ1) is 9.59. The van der Waals surface area contributed by atoms with Gasteiger partial charge in [-0.25, -0.2) is 8.42 Å². The summed E-state index contributed by atoms with van der Waals surface area (Å²) in [5.74, 6) is 0.847. The van der Waals surface area contributed by atoms with Crippen LogP contribution in [0.25, 0.3) is 0 Å². The van der Waals surface area contributed by atoms with E-state index in [1.807, 2.05) is 0 Å². The average molecular weight is 160 g/mol. The minimum Gasteiger partial charge on any atom is -1.00 e. The first-order chi connectivity index (χ1) is 3.21. The van der Waals surface area contributed by atoms with Crippen LogP contribution in [0, 0.1) is 0 Å². The molecule has 0 N–H and O–H groups in total. The van der Waals surface area contributed by atoms with Crippen molar-refractivity contribution in [3.8, 4) is 0 Å². The summed E-state index contributed by atoms with van der Waals surface area (Å²) in [6.07, 6.45) is 1.75. The zero-order chi connectivity index (χ0) is 5.33. The fourth-order valence-corrected chi connectivity index (χ4v) is 2.24. The van der Waals surface area contributed by atoms with Crippen LogP contribution in [-0.4, -0.2) is 19.9 Å². The quantitative estimate of drug-likeness (QED) is 0.362. The normalized spacial score (nSPS) is 24.5. The molecule has 0 atom stereocenters. The van der Waals surface area contributed by atoms with Gasteiger partial charge >= 0.3 is 51.4 Å². The summed E-state index contributed by atoms with van der Waals surface area (Å²) in [5.41, 5.74) is 0. The summed E-state index contributed by atoms with van der Waals surface area (Å²) in [7, 11) is -2.55. The van der Waals surface area contributed by atoms with E-state index in [9.17, 15) is 8.42 Å². The van der Waals surface area contributed by atoms with Crippen molar-refractivity contribution >= 4 is 9.84 Å². The van der Waals surface area contributed by atoms with Gasteiger partial charge in [0, 0.05) is 0 Å². The van der Waals surface area contributed by atoms with Gasteiger partial charge in [0.1, 0.15) is 9.84 Å². The minimum atomic E-state index is -2.55. The molecular formula is C4H9KO2S. The monoisotopic (exact) mass is 160 g/mol. The molecule has 1 aliphatic heterocycles. The standard InChI is InChI=1S/C4H8O2S.K.H/c5-7(6)3-1-2-4-7;;/h1-4H2;;/q;+1;-1. The molecule has 0 aromatic heterocycles. The summed E-state index contributed by atoms with van der Waals surface area (Å²) in [4.78, 5) is 0. The van der Waals surface area contributed by atoms with E-state index in [0.29, 0.717) is 11.5 Å². The zero-order valence-corrected chi connectivity index (χ0v) is 8.99. The van der Waals surface area contributed by atoms with E-state index in [1.165, 1.54) is 0 Å². The van der Waals surface area contributed by atoms with Crippen LogP contribution in [0.1, 0.15) is 14.3 Å². The molecule has 0 unspecified atom stereocenters. The topological polar surface area (TPSA) is 34.1 Å². The number of hydrogen-bond donors (Lipinski definition) is 0. The van der Waals surface area contributed by atoms with Gasteiger partial charge in [-0.05, 0) is 12.8 Å². The number of sulfone groups is 1. The summed E-state index contributed by atoms with van der Waals surface area (Å²) in [5, 5.41) is 0. The van der Waals surface area contributed by atoms with Crippen molar-refractivity contribution in [3.05, 3.63) is 0 Å². The molecule has 1 fully saturated rings. The van der Waals surface area contributed by atoms with Gasteiger partial charge in [-0.3, -0.25) is 0 Å². The van der Waals surface area contributed by atoms with Crippen molar-refractivity contribution in [1.82, 2.24) is 0 Å². The fourth-order valence-electron chi connectivity index (χ4n) is 0.746. The Labute approximate surface area is 93.9 Å². The molecule has 4 heteroatoms. The molecule has 1 rings (SSSR count). The van der Waals surface area contributed by atoms with Crippen molar-refractivity contribution in [2.24, 2.45) is 0 Å². The molecule has 0 aromatic carbocycles. The molecule has 0 bridgehead atoms. The maximum atomic E-state index is 10.4. The molecule has 0 aromatic rings.